The molecule has 0 unspecified atom stereocenters. The molecule has 0 aliphatic carbocycles. The van der Waals surface area contributed by atoms with Crippen LogP contribution in [0, 0.1) is 5.92 Å². The van der Waals surface area contributed by atoms with E-state index >= 15 is 0 Å². The summed E-state index contributed by atoms with van der Waals surface area (Å²) < 4.78 is 3.46. The number of piperidine rings is 1. The summed E-state index contributed by atoms with van der Waals surface area (Å²) >= 11 is 6.11. The quantitative estimate of drug-likeness (QED) is 0.524. The van der Waals surface area contributed by atoms with E-state index in [2.05, 4.69) is 31.3 Å². The first-order chi connectivity index (χ1) is 16.5. The number of hydrogen-bond acceptors (Lipinski definition) is 5. The van der Waals surface area contributed by atoms with E-state index in [1.165, 1.54) is 16.3 Å². The minimum absolute atomic E-state index is 0. The van der Waals surface area contributed by atoms with Crippen molar-refractivity contribution in [3.05, 3.63) is 68.2 Å². The number of benzene rings is 1. The summed E-state index contributed by atoms with van der Waals surface area (Å²) in [6, 6.07) is 8.02. The zero-order valence-corrected chi connectivity index (χ0v) is 21.5. The van der Waals surface area contributed by atoms with Crippen molar-refractivity contribution in [3.8, 4) is 0 Å². The van der Waals surface area contributed by atoms with E-state index in [4.69, 9.17) is 11.6 Å². The van der Waals surface area contributed by atoms with Crippen LogP contribution in [0.2, 0.25) is 5.02 Å². The predicted octanol–water partition coefficient (Wildman–Crippen LogP) is 2.88. The van der Waals surface area contributed by atoms with E-state index in [0.29, 0.717) is 36.8 Å². The molecule has 1 fully saturated rings. The normalized spacial score (nSPS) is 16.6. The predicted molar refractivity (Wildman–Crippen MR) is 140 cm³/mol. The van der Waals surface area contributed by atoms with Gasteiger partial charge in [-0.2, -0.15) is 9.61 Å². The second kappa shape index (κ2) is 11.1. The fourth-order valence-corrected chi connectivity index (χ4v) is 5.46. The highest BCUT2D eigenvalue weighted by atomic mass is 35.5. The Bertz CT molecular complexity index is 1260. The van der Waals surface area contributed by atoms with Crippen LogP contribution in [-0.2, 0) is 26.1 Å². The number of halogens is 2. The largest absolute Gasteiger partial charge is 0.352 e. The van der Waals surface area contributed by atoms with Crippen molar-refractivity contribution in [2.24, 2.45) is 5.92 Å². The SMILES string of the molecule is CCn1c2c(c(=O)n3ncc(C(=O)NCC4CCN(Cc5cccc(Cl)c5)CC4)c13)CNCC2.Cl. The van der Waals surface area contributed by atoms with E-state index in [1.807, 2.05) is 25.1 Å². The zero-order chi connectivity index (χ0) is 23.7. The average Bonchev–Trinajstić information content (AvgIpc) is 3.29. The van der Waals surface area contributed by atoms with Crippen molar-refractivity contribution < 1.29 is 4.79 Å². The van der Waals surface area contributed by atoms with Crippen molar-refractivity contribution in [2.75, 3.05) is 26.2 Å². The molecule has 2 aromatic heterocycles. The summed E-state index contributed by atoms with van der Waals surface area (Å²) in [4.78, 5) is 28.5. The maximum atomic E-state index is 13.1. The molecule has 0 bridgehead atoms. The maximum Gasteiger partial charge on any atom is 0.279 e. The van der Waals surface area contributed by atoms with E-state index in [-0.39, 0.29) is 23.9 Å². The number of fused-ring (bicyclic) bond motifs is 2. The number of nitrogens with zero attached hydrogens (tertiary/aromatic N) is 4. The van der Waals surface area contributed by atoms with Gasteiger partial charge in [-0.05, 0) is 56.5 Å². The number of likely N-dealkylation sites (tertiary alicyclic amines) is 1. The van der Waals surface area contributed by atoms with Gasteiger partial charge in [-0.3, -0.25) is 14.5 Å². The summed E-state index contributed by atoms with van der Waals surface area (Å²) in [5.41, 5.74) is 3.93. The average molecular weight is 519 g/mol. The third-order valence-electron chi connectivity index (χ3n) is 7.08. The number of amides is 1. The number of nitrogens with one attached hydrogen (secondary N) is 2. The van der Waals surface area contributed by atoms with Gasteiger partial charge >= 0.3 is 0 Å². The molecule has 1 amide bonds. The number of carbonyl (C=O) groups excluding carboxylic acids is 1. The third-order valence-corrected chi connectivity index (χ3v) is 7.31. The first-order valence-corrected chi connectivity index (χ1v) is 12.5. The molecule has 1 saturated heterocycles. The molecule has 2 aliphatic heterocycles. The van der Waals surface area contributed by atoms with Crippen molar-refractivity contribution in [1.82, 2.24) is 29.7 Å². The Morgan fingerprint density at radius 1 is 1.29 bits per heavy atom. The lowest BCUT2D eigenvalue weighted by Gasteiger charge is -2.32. The summed E-state index contributed by atoms with van der Waals surface area (Å²) in [5, 5.41) is 11.4. The van der Waals surface area contributed by atoms with Gasteiger partial charge in [0.05, 0.1) is 11.8 Å². The molecule has 188 valence electrons. The maximum absolute atomic E-state index is 13.1. The molecule has 8 nitrogen and oxygen atoms in total. The highest BCUT2D eigenvalue weighted by molar-refractivity contribution is 6.30. The molecule has 10 heteroatoms. The van der Waals surface area contributed by atoms with Gasteiger partial charge in [0.15, 0.2) is 5.65 Å². The molecule has 35 heavy (non-hydrogen) atoms. The first kappa shape index (κ1) is 25.7. The van der Waals surface area contributed by atoms with Gasteiger partial charge in [-0.25, -0.2) is 0 Å². The first-order valence-electron chi connectivity index (χ1n) is 12.1. The molecule has 2 N–H and O–H groups in total. The van der Waals surface area contributed by atoms with Crippen LogP contribution in [0.15, 0.2) is 35.3 Å². The van der Waals surface area contributed by atoms with Crippen LogP contribution in [0.4, 0.5) is 0 Å². The Hall–Kier alpha value is -2.39. The Morgan fingerprint density at radius 2 is 2.09 bits per heavy atom. The van der Waals surface area contributed by atoms with E-state index in [1.54, 1.807) is 0 Å². The van der Waals surface area contributed by atoms with Crippen LogP contribution in [0.3, 0.4) is 0 Å². The van der Waals surface area contributed by atoms with Gasteiger partial charge < -0.3 is 15.2 Å². The summed E-state index contributed by atoms with van der Waals surface area (Å²) in [6.07, 6.45) is 4.38. The molecular weight excluding hydrogens is 487 g/mol. The van der Waals surface area contributed by atoms with Crippen LogP contribution in [0.25, 0.3) is 5.65 Å². The Kier molecular flexibility index (Phi) is 8.16. The van der Waals surface area contributed by atoms with Crippen molar-refractivity contribution in [2.45, 2.75) is 45.8 Å². The van der Waals surface area contributed by atoms with Gasteiger partial charge in [0.1, 0.15) is 5.56 Å². The molecule has 0 radical (unpaired) electrons. The third kappa shape index (κ3) is 5.26. The van der Waals surface area contributed by atoms with Gasteiger partial charge in [-0.15, -0.1) is 12.4 Å². The number of aryl methyl sites for hydroxylation is 1. The van der Waals surface area contributed by atoms with Crippen LogP contribution >= 0.6 is 24.0 Å². The van der Waals surface area contributed by atoms with Crippen molar-refractivity contribution in [1.29, 1.82) is 0 Å². The minimum Gasteiger partial charge on any atom is -0.352 e. The van der Waals surface area contributed by atoms with Crippen LogP contribution in [-0.4, -0.2) is 51.2 Å². The standard InChI is InChI=1S/C25H31ClN6O2.ClH/c1-2-31-22-6-9-27-14-20(22)25(34)32-24(31)21(15-29-32)23(33)28-13-17-7-10-30(11-8-17)16-18-4-3-5-19(26)12-18;/h3-5,12,15,17,27H,2,6-11,13-14,16H2,1H3,(H,28,33);1H. The van der Waals surface area contributed by atoms with E-state index in [9.17, 15) is 9.59 Å². The molecule has 0 atom stereocenters. The lowest BCUT2D eigenvalue weighted by atomic mass is 9.96. The van der Waals surface area contributed by atoms with E-state index < -0.39 is 0 Å². The fraction of sp³-hybridized carbons (Fsp3) is 0.480. The zero-order valence-electron chi connectivity index (χ0n) is 19.9. The van der Waals surface area contributed by atoms with Gasteiger partial charge in [0.25, 0.3) is 11.5 Å². The molecular formula is C25H32Cl2N6O2. The molecule has 5 rings (SSSR count). The minimum atomic E-state index is -0.160. The molecule has 0 spiro atoms. The number of carbonyl (C=O) groups is 1. The number of aromatic nitrogens is 3. The number of rotatable bonds is 6. The molecule has 0 saturated carbocycles. The second-order valence-electron chi connectivity index (χ2n) is 9.25. The van der Waals surface area contributed by atoms with Crippen LogP contribution in [0.1, 0.15) is 46.9 Å². The monoisotopic (exact) mass is 518 g/mol. The van der Waals surface area contributed by atoms with Crippen molar-refractivity contribution in [3.63, 3.8) is 0 Å². The van der Waals surface area contributed by atoms with Crippen LogP contribution in [0.5, 0.6) is 0 Å². The Labute approximate surface area is 216 Å². The van der Waals surface area contributed by atoms with Crippen LogP contribution < -0.4 is 16.2 Å². The molecule has 2 aliphatic rings. The summed E-state index contributed by atoms with van der Waals surface area (Å²) in [6.45, 7) is 7.62. The smallest absolute Gasteiger partial charge is 0.279 e. The fourth-order valence-electron chi connectivity index (χ4n) is 5.25. The second-order valence-corrected chi connectivity index (χ2v) is 9.69. The molecule has 4 heterocycles. The lowest BCUT2D eigenvalue weighted by molar-refractivity contribution is 0.0936. The number of hydrogen-bond donors (Lipinski definition) is 2. The highest BCUT2D eigenvalue weighted by Crippen LogP contribution is 2.21. The van der Waals surface area contributed by atoms with Gasteiger partial charge in [-0.1, -0.05) is 23.7 Å². The van der Waals surface area contributed by atoms with Gasteiger partial charge in [0.2, 0.25) is 0 Å². The van der Waals surface area contributed by atoms with Crippen molar-refractivity contribution >= 4 is 35.6 Å². The highest BCUT2D eigenvalue weighted by Gasteiger charge is 2.25. The summed E-state index contributed by atoms with van der Waals surface area (Å²) in [5.74, 6) is 0.278. The van der Waals surface area contributed by atoms with E-state index in [0.717, 1.165) is 61.7 Å². The Balaban J connectivity index is 0.00000289. The Morgan fingerprint density at radius 3 is 2.83 bits per heavy atom. The molecule has 3 aromatic rings. The van der Waals surface area contributed by atoms with Gasteiger partial charge in [0, 0.05) is 49.9 Å². The lowest BCUT2D eigenvalue weighted by Crippen LogP contribution is -2.38. The molecule has 1 aromatic carbocycles. The topological polar surface area (TPSA) is 83.7 Å². The summed E-state index contributed by atoms with van der Waals surface area (Å²) in [7, 11) is 0.